The molecule has 0 unspecified atom stereocenters. The Labute approximate surface area is 155 Å². The smallest absolute Gasteiger partial charge is 0.272 e. The minimum absolute atomic E-state index is 0.169. The van der Waals surface area contributed by atoms with E-state index in [1.165, 1.54) is 13.1 Å². The van der Waals surface area contributed by atoms with Gasteiger partial charge in [-0.1, -0.05) is 0 Å². The number of aromatic nitrogens is 2. The third kappa shape index (κ3) is 3.97. The lowest BCUT2D eigenvalue weighted by Gasteiger charge is -2.13. The van der Waals surface area contributed by atoms with Gasteiger partial charge in [0.1, 0.15) is 5.82 Å². The molecule has 144 valence electrons. The maximum atomic E-state index is 13.7. The summed E-state index contributed by atoms with van der Waals surface area (Å²) < 4.78 is 28.9. The molecular weight excluding hydrogens is 356 g/mol. The third-order valence-electron chi connectivity index (χ3n) is 4.49. The highest BCUT2D eigenvalue weighted by molar-refractivity contribution is 5.96. The average Bonchev–Trinajstić information content (AvgIpc) is 2.88. The van der Waals surface area contributed by atoms with Crippen LogP contribution >= 0.6 is 0 Å². The van der Waals surface area contributed by atoms with Gasteiger partial charge in [-0.05, 0) is 38.2 Å². The van der Waals surface area contributed by atoms with Crippen LogP contribution in [0.1, 0.15) is 22.6 Å². The van der Waals surface area contributed by atoms with E-state index in [0.29, 0.717) is 30.2 Å². The van der Waals surface area contributed by atoms with Gasteiger partial charge in [-0.2, -0.15) is 0 Å². The molecule has 0 bridgehead atoms. The number of hydrogen-bond donors (Lipinski definition) is 2. The molecule has 3 rings (SSSR count). The molecule has 0 radical (unpaired) electrons. The van der Waals surface area contributed by atoms with Gasteiger partial charge in [0, 0.05) is 25.7 Å². The number of amides is 2. The number of benzene rings is 1. The van der Waals surface area contributed by atoms with Crippen LogP contribution in [0.2, 0.25) is 0 Å². The van der Waals surface area contributed by atoms with E-state index >= 15 is 0 Å². The van der Waals surface area contributed by atoms with Crippen LogP contribution in [0.3, 0.4) is 0 Å². The zero-order valence-electron chi connectivity index (χ0n) is 15.2. The van der Waals surface area contributed by atoms with Gasteiger partial charge < -0.3 is 20.1 Å². The first kappa shape index (κ1) is 19.0. The maximum Gasteiger partial charge on any atom is 0.272 e. The topological polar surface area (TPSA) is 79.3 Å². The van der Waals surface area contributed by atoms with Crippen molar-refractivity contribution in [3.8, 4) is 11.4 Å². The first-order valence-corrected chi connectivity index (χ1v) is 8.63. The summed E-state index contributed by atoms with van der Waals surface area (Å²) >= 11 is 0. The fraction of sp³-hybridized carbons (Fsp3) is 0.389. The summed E-state index contributed by atoms with van der Waals surface area (Å²) in [6, 6.07) is 3.56. The monoisotopic (exact) mass is 377 g/mol. The van der Waals surface area contributed by atoms with Crippen LogP contribution in [-0.2, 0) is 17.9 Å². The lowest BCUT2D eigenvalue weighted by molar-refractivity contribution is -0.119. The maximum absolute atomic E-state index is 13.7. The van der Waals surface area contributed by atoms with Crippen molar-refractivity contribution in [3.05, 3.63) is 41.2 Å². The van der Waals surface area contributed by atoms with E-state index in [-0.39, 0.29) is 18.1 Å². The number of carbonyl (C=O) groups is 2. The van der Waals surface area contributed by atoms with E-state index in [0.717, 1.165) is 25.1 Å². The summed E-state index contributed by atoms with van der Waals surface area (Å²) in [4.78, 5) is 30.5. The molecule has 1 aliphatic rings. The zero-order chi connectivity index (χ0) is 19.6. The first-order valence-electron chi connectivity index (χ1n) is 8.63. The number of likely N-dealkylation sites (N-methyl/N-ethyl adjacent to an activating group) is 1. The van der Waals surface area contributed by atoms with E-state index in [9.17, 15) is 18.4 Å². The van der Waals surface area contributed by atoms with E-state index in [2.05, 4.69) is 20.5 Å². The van der Waals surface area contributed by atoms with E-state index in [1.54, 1.807) is 0 Å². The van der Waals surface area contributed by atoms with Crippen molar-refractivity contribution in [1.29, 1.82) is 0 Å². The molecule has 1 aromatic heterocycles. The Bertz CT molecular complexity index is 881. The minimum atomic E-state index is -0.971. The largest absolute Gasteiger partial charge is 0.358 e. The van der Waals surface area contributed by atoms with Crippen LogP contribution in [0.15, 0.2) is 18.2 Å². The molecule has 0 atom stereocenters. The highest BCUT2D eigenvalue weighted by atomic mass is 19.2. The van der Waals surface area contributed by atoms with Crippen molar-refractivity contribution >= 4 is 11.8 Å². The predicted molar refractivity (Wildman–Crippen MR) is 94.9 cm³/mol. The van der Waals surface area contributed by atoms with E-state index in [4.69, 9.17) is 0 Å². The van der Waals surface area contributed by atoms with Gasteiger partial charge in [0.05, 0.1) is 12.2 Å². The second-order valence-electron chi connectivity index (χ2n) is 6.46. The van der Waals surface area contributed by atoms with E-state index < -0.39 is 17.5 Å². The first-order chi connectivity index (χ1) is 12.9. The van der Waals surface area contributed by atoms with Crippen molar-refractivity contribution in [2.24, 2.45) is 0 Å². The number of carbonyl (C=O) groups excluding carboxylic acids is 2. The van der Waals surface area contributed by atoms with Gasteiger partial charge in [-0.25, -0.2) is 13.8 Å². The number of imidazole rings is 1. The fourth-order valence-corrected chi connectivity index (χ4v) is 3.09. The highest BCUT2D eigenvalue weighted by Gasteiger charge is 2.26. The lowest BCUT2D eigenvalue weighted by Crippen LogP contribution is -2.36. The minimum Gasteiger partial charge on any atom is -0.358 e. The summed E-state index contributed by atoms with van der Waals surface area (Å²) in [5.74, 6) is -2.31. The van der Waals surface area contributed by atoms with Gasteiger partial charge in [-0.15, -0.1) is 0 Å². The van der Waals surface area contributed by atoms with Gasteiger partial charge in [0.25, 0.3) is 5.91 Å². The molecule has 7 nitrogen and oxygen atoms in total. The molecule has 0 aliphatic carbocycles. The third-order valence-corrected chi connectivity index (χ3v) is 4.49. The molecule has 2 N–H and O–H groups in total. The SMILES string of the molecule is CNC(=O)CNC(=O)c1nc(-c2ccc(F)c(F)c2)n2c1CN(C)CCC2. The number of nitrogens with zero attached hydrogens (tertiary/aromatic N) is 3. The Morgan fingerprint density at radius 3 is 2.70 bits per heavy atom. The number of nitrogens with one attached hydrogen (secondary N) is 2. The summed E-state index contributed by atoms with van der Waals surface area (Å²) in [5.41, 5.74) is 1.27. The van der Waals surface area contributed by atoms with Gasteiger partial charge >= 0.3 is 0 Å². The summed E-state index contributed by atoms with van der Waals surface area (Å²) in [6.07, 6.45) is 0.829. The molecule has 1 aromatic carbocycles. The second kappa shape index (κ2) is 7.83. The van der Waals surface area contributed by atoms with Gasteiger partial charge in [0.15, 0.2) is 17.3 Å². The Kier molecular flexibility index (Phi) is 5.50. The Morgan fingerprint density at radius 1 is 1.22 bits per heavy atom. The Morgan fingerprint density at radius 2 is 2.00 bits per heavy atom. The quantitative estimate of drug-likeness (QED) is 0.838. The van der Waals surface area contributed by atoms with Crippen molar-refractivity contribution in [3.63, 3.8) is 0 Å². The van der Waals surface area contributed by atoms with Crippen LogP contribution in [0, 0.1) is 11.6 Å². The Balaban J connectivity index is 2.03. The molecule has 0 saturated heterocycles. The van der Waals surface area contributed by atoms with Crippen molar-refractivity contribution in [2.75, 3.05) is 27.2 Å². The number of hydrogen-bond acceptors (Lipinski definition) is 4. The van der Waals surface area contributed by atoms with Gasteiger partial charge in [-0.3, -0.25) is 9.59 Å². The highest BCUT2D eigenvalue weighted by Crippen LogP contribution is 2.27. The molecule has 27 heavy (non-hydrogen) atoms. The van der Waals surface area contributed by atoms with Crippen LogP contribution in [0.4, 0.5) is 8.78 Å². The van der Waals surface area contributed by atoms with Crippen LogP contribution < -0.4 is 10.6 Å². The van der Waals surface area contributed by atoms with E-state index in [1.807, 2.05) is 11.6 Å². The molecule has 2 amide bonds. The molecule has 0 spiro atoms. The average molecular weight is 377 g/mol. The molecular formula is C18H21F2N5O2. The summed E-state index contributed by atoms with van der Waals surface area (Å²) in [6.45, 7) is 1.75. The molecule has 0 saturated carbocycles. The predicted octanol–water partition coefficient (Wildman–Crippen LogP) is 1.14. The van der Waals surface area contributed by atoms with Crippen molar-refractivity contribution in [2.45, 2.75) is 19.5 Å². The molecule has 2 heterocycles. The lowest BCUT2D eigenvalue weighted by atomic mass is 10.2. The van der Waals surface area contributed by atoms with Gasteiger partial charge in [0.2, 0.25) is 5.91 Å². The number of fused-ring (bicyclic) bond motifs is 1. The molecule has 0 fully saturated rings. The summed E-state index contributed by atoms with van der Waals surface area (Å²) in [7, 11) is 3.42. The molecule has 2 aromatic rings. The Hall–Kier alpha value is -2.81. The zero-order valence-corrected chi connectivity index (χ0v) is 15.2. The van der Waals surface area contributed by atoms with Crippen LogP contribution in [0.25, 0.3) is 11.4 Å². The number of rotatable bonds is 4. The fourth-order valence-electron chi connectivity index (χ4n) is 3.09. The van der Waals surface area contributed by atoms with Crippen molar-refractivity contribution in [1.82, 2.24) is 25.1 Å². The summed E-state index contributed by atoms with van der Waals surface area (Å²) in [5, 5.41) is 4.97. The number of halogens is 2. The molecule has 1 aliphatic heterocycles. The van der Waals surface area contributed by atoms with Crippen LogP contribution in [0.5, 0.6) is 0 Å². The van der Waals surface area contributed by atoms with Crippen LogP contribution in [-0.4, -0.2) is 53.5 Å². The second-order valence-corrected chi connectivity index (χ2v) is 6.46. The molecule has 9 heteroatoms. The van der Waals surface area contributed by atoms with Crippen molar-refractivity contribution < 1.29 is 18.4 Å². The standard InChI is InChI=1S/C18H21F2N5O2/c1-21-15(26)9-22-18(27)16-14-10-24(2)6-3-7-25(14)17(23-16)11-4-5-12(19)13(20)8-11/h4-5,8H,3,6-7,9-10H2,1-2H3,(H,21,26)(H,22,27). The normalized spacial score (nSPS) is 14.4.